The Morgan fingerprint density at radius 3 is 2.77 bits per heavy atom. The lowest BCUT2D eigenvalue weighted by molar-refractivity contribution is 0.782. The highest BCUT2D eigenvalue weighted by molar-refractivity contribution is 5.86. The number of nitrogens with zero attached hydrogens (tertiary/aromatic N) is 5. The maximum Gasteiger partial charge on any atom is 0.163 e. The lowest BCUT2D eigenvalue weighted by Gasteiger charge is -2.08. The zero-order valence-electron chi connectivity index (χ0n) is 13.4. The highest BCUT2D eigenvalue weighted by Gasteiger charge is 2.10. The average molecular weight is 299 g/mol. The van der Waals surface area contributed by atoms with Gasteiger partial charge < -0.3 is 5.32 Å². The minimum absolute atomic E-state index is 0.750. The van der Waals surface area contributed by atoms with E-state index in [1.54, 1.807) is 4.68 Å². The number of nitrogens with one attached hydrogen (secondary N) is 2. The van der Waals surface area contributed by atoms with Crippen LogP contribution >= 0.6 is 0 Å². The normalized spacial score (nSPS) is 11.3. The Kier molecular flexibility index (Phi) is 3.79. The quantitative estimate of drug-likeness (QED) is 0.704. The van der Waals surface area contributed by atoms with E-state index in [0.29, 0.717) is 0 Å². The molecule has 0 aliphatic rings. The van der Waals surface area contributed by atoms with Crippen molar-refractivity contribution in [2.45, 2.75) is 33.6 Å². The van der Waals surface area contributed by atoms with Crippen LogP contribution < -0.4 is 5.32 Å². The van der Waals surface area contributed by atoms with Gasteiger partial charge in [0.1, 0.15) is 11.6 Å². The summed E-state index contributed by atoms with van der Waals surface area (Å²) in [5.41, 5.74) is 4.42. The first-order chi connectivity index (χ1) is 10.6. The van der Waals surface area contributed by atoms with Gasteiger partial charge in [-0.05, 0) is 39.2 Å². The van der Waals surface area contributed by atoms with E-state index in [4.69, 9.17) is 0 Å². The second kappa shape index (κ2) is 5.75. The fraction of sp³-hybridized carbons (Fsp3) is 0.467. The van der Waals surface area contributed by atoms with Crippen molar-refractivity contribution < 1.29 is 0 Å². The molecular formula is C15H21N7. The lowest BCUT2D eigenvalue weighted by atomic mass is 10.1. The van der Waals surface area contributed by atoms with Crippen molar-refractivity contribution in [3.8, 4) is 0 Å². The third-order valence-corrected chi connectivity index (χ3v) is 3.88. The SMILES string of the molecule is Cc1nc(NCCCc2c(C)n[nH]c2C)c2cnn(C)c2n1. The van der Waals surface area contributed by atoms with Gasteiger partial charge in [-0.1, -0.05) is 0 Å². The van der Waals surface area contributed by atoms with Crippen molar-refractivity contribution in [3.05, 3.63) is 29.0 Å². The molecule has 0 aliphatic heterocycles. The molecule has 2 N–H and O–H groups in total. The number of hydrogen-bond acceptors (Lipinski definition) is 5. The smallest absolute Gasteiger partial charge is 0.163 e. The number of rotatable bonds is 5. The van der Waals surface area contributed by atoms with E-state index in [0.717, 1.165) is 53.4 Å². The monoisotopic (exact) mass is 299 g/mol. The van der Waals surface area contributed by atoms with Crippen LogP contribution in [0.5, 0.6) is 0 Å². The Morgan fingerprint density at radius 2 is 2.05 bits per heavy atom. The fourth-order valence-corrected chi connectivity index (χ4v) is 2.68. The molecule has 7 nitrogen and oxygen atoms in total. The Hall–Kier alpha value is -2.44. The van der Waals surface area contributed by atoms with Crippen LogP contribution in [0.25, 0.3) is 11.0 Å². The molecule has 3 rings (SSSR count). The van der Waals surface area contributed by atoms with Crippen LogP contribution in [0.4, 0.5) is 5.82 Å². The standard InChI is InChI=1S/C15H21N7/c1-9-12(10(2)21-20-9)6-5-7-16-14-13-8-17-22(4)15(13)19-11(3)18-14/h8H,5-7H2,1-4H3,(H,20,21)(H,16,18,19). The van der Waals surface area contributed by atoms with E-state index >= 15 is 0 Å². The van der Waals surface area contributed by atoms with Gasteiger partial charge in [-0.15, -0.1) is 0 Å². The number of hydrogen-bond donors (Lipinski definition) is 2. The maximum atomic E-state index is 4.49. The van der Waals surface area contributed by atoms with Crippen molar-refractivity contribution in [2.75, 3.05) is 11.9 Å². The van der Waals surface area contributed by atoms with Crippen LogP contribution in [0.3, 0.4) is 0 Å². The van der Waals surface area contributed by atoms with E-state index in [1.165, 1.54) is 5.56 Å². The molecule has 0 radical (unpaired) electrons. The molecule has 0 saturated heterocycles. The van der Waals surface area contributed by atoms with E-state index in [-0.39, 0.29) is 0 Å². The molecule has 3 heterocycles. The summed E-state index contributed by atoms with van der Waals surface area (Å²) < 4.78 is 1.77. The molecule has 0 fully saturated rings. The highest BCUT2D eigenvalue weighted by Crippen LogP contribution is 2.19. The molecule has 7 heteroatoms. The molecule has 3 aromatic rings. The minimum atomic E-state index is 0.750. The largest absolute Gasteiger partial charge is 0.369 e. The zero-order valence-corrected chi connectivity index (χ0v) is 13.4. The highest BCUT2D eigenvalue weighted by atomic mass is 15.3. The van der Waals surface area contributed by atoms with Gasteiger partial charge in [-0.25, -0.2) is 9.97 Å². The Morgan fingerprint density at radius 1 is 1.23 bits per heavy atom. The topological polar surface area (TPSA) is 84.3 Å². The predicted molar refractivity (Wildman–Crippen MR) is 85.9 cm³/mol. The Labute approximate surface area is 129 Å². The summed E-state index contributed by atoms with van der Waals surface area (Å²) in [4.78, 5) is 8.92. The van der Waals surface area contributed by atoms with E-state index in [2.05, 4.69) is 37.5 Å². The summed E-state index contributed by atoms with van der Waals surface area (Å²) in [6.45, 7) is 6.86. The summed E-state index contributed by atoms with van der Waals surface area (Å²) >= 11 is 0. The summed E-state index contributed by atoms with van der Waals surface area (Å²) in [6.07, 6.45) is 3.83. The van der Waals surface area contributed by atoms with Gasteiger partial charge >= 0.3 is 0 Å². The van der Waals surface area contributed by atoms with Crippen molar-refractivity contribution in [2.24, 2.45) is 7.05 Å². The molecule has 22 heavy (non-hydrogen) atoms. The molecular weight excluding hydrogens is 278 g/mol. The molecule has 0 saturated carbocycles. The Balaban J connectivity index is 1.67. The fourth-order valence-electron chi connectivity index (χ4n) is 2.68. The van der Waals surface area contributed by atoms with Crippen LogP contribution in [-0.4, -0.2) is 36.5 Å². The number of aromatic nitrogens is 6. The summed E-state index contributed by atoms with van der Waals surface area (Å²) in [5, 5.41) is 15.9. The first kappa shape index (κ1) is 14.5. The molecule has 0 atom stereocenters. The van der Waals surface area contributed by atoms with Crippen molar-refractivity contribution in [1.29, 1.82) is 0 Å². The second-order valence-electron chi connectivity index (χ2n) is 5.57. The van der Waals surface area contributed by atoms with Gasteiger partial charge in [0.25, 0.3) is 0 Å². The molecule has 0 amide bonds. The molecule has 0 aromatic carbocycles. The van der Waals surface area contributed by atoms with E-state index < -0.39 is 0 Å². The number of H-pyrrole nitrogens is 1. The summed E-state index contributed by atoms with van der Waals surface area (Å²) in [7, 11) is 1.89. The number of anilines is 1. The molecule has 0 unspecified atom stereocenters. The molecule has 3 aromatic heterocycles. The number of aryl methyl sites for hydroxylation is 4. The van der Waals surface area contributed by atoms with Gasteiger partial charge in [0.2, 0.25) is 0 Å². The van der Waals surface area contributed by atoms with Crippen LogP contribution in [0.15, 0.2) is 6.20 Å². The zero-order chi connectivity index (χ0) is 15.7. The third kappa shape index (κ3) is 2.66. The molecule has 0 spiro atoms. The van der Waals surface area contributed by atoms with Crippen molar-refractivity contribution in [1.82, 2.24) is 29.9 Å². The molecule has 0 aliphatic carbocycles. The van der Waals surface area contributed by atoms with Gasteiger partial charge in [-0.3, -0.25) is 9.78 Å². The van der Waals surface area contributed by atoms with Gasteiger partial charge in [-0.2, -0.15) is 10.2 Å². The first-order valence-corrected chi connectivity index (χ1v) is 7.47. The van der Waals surface area contributed by atoms with Crippen LogP contribution in [0, 0.1) is 20.8 Å². The Bertz CT molecular complexity index is 780. The van der Waals surface area contributed by atoms with Crippen molar-refractivity contribution >= 4 is 16.9 Å². The number of fused-ring (bicyclic) bond motifs is 1. The van der Waals surface area contributed by atoms with Gasteiger partial charge in [0.15, 0.2) is 5.65 Å². The first-order valence-electron chi connectivity index (χ1n) is 7.47. The van der Waals surface area contributed by atoms with Gasteiger partial charge in [0, 0.05) is 19.3 Å². The number of aromatic amines is 1. The molecule has 0 bridgehead atoms. The summed E-state index contributed by atoms with van der Waals surface area (Å²) in [5.74, 6) is 1.61. The van der Waals surface area contributed by atoms with E-state index in [1.807, 2.05) is 27.1 Å². The summed E-state index contributed by atoms with van der Waals surface area (Å²) in [6, 6.07) is 0. The van der Waals surface area contributed by atoms with Crippen LogP contribution in [0.2, 0.25) is 0 Å². The van der Waals surface area contributed by atoms with Crippen LogP contribution in [0.1, 0.15) is 29.2 Å². The maximum absolute atomic E-state index is 4.49. The van der Waals surface area contributed by atoms with Gasteiger partial charge in [0.05, 0.1) is 17.3 Å². The molecule has 116 valence electrons. The van der Waals surface area contributed by atoms with E-state index in [9.17, 15) is 0 Å². The lowest BCUT2D eigenvalue weighted by Crippen LogP contribution is -2.07. The van der Waals surface area contributed by atoms with Crippen molar-refractivity contribution in [3.63, 3.8) is 0 Å². The van der Waals surface area contributed by atoms with Crippen LogP contribution in [-0.2, 0) is 13.5 Å². The predicted octanol–water partition coefficient (Wildman–Crippen LogP) is 2.06. The third-order valence-electron chi connectivity index (χ3n) is 3.88. The minimum Gasteiger partial charge on any atom is -0.369 e. The average Bonchev–Trinajstić information content (AvgIpc) is 3.00. The second-order valence-corrected chi connectivity index (χ2v) is 5.57.